The highest BCUT2D eigenvalue weighted by molar-refractivity contribution is 7.98. The third-order valence-corrected chi connectivity index (χ3v) is 6.71. The Bertz CT molecular complexity index is 1420. The minimum atomic E-state index is -0.461. The summed E-state index contributed by atoms with van der Waals surface area (Å²) in [5, 5.41) is 3.69. The summed E-state index contributed by atoms with van der Waals surface area (Å²) in [6.45, 7) is 1.80. The lowest BCUT2D eigenvalue weighted by atomic mass is 10.1. The van der Waals surface area contributed by atoms with Crippen LogP contribution in [-0.4, -0.2) is 16.8 Å². The Morgan fingerprint density at radius 3 is 2.38 bits per heavy atom. The van der Waals surface area contributed by atoms with E-state index in [2.05, 4.69) is 15.0 Å². The molecule has 4 rings (SSSR count). The smallest absolute Gasteiger partial charge is 0.261 e. The first-order valence-electron chi connectivity index (χ1n) is 11.0. The van der Waals surface area contributed by atoms with E-state index >= 15 is 0 Å². The third kappa shape index (κ3) is 7.01. The third-order valence-electron chi connectivity index (χ3n) is 5.20. The van der Waals surface area contributed by atoms with Gasteiger partial charge in [-0.3, -0.25) is 14.3 Å². The van der Waals surface area contributed by atoms with E-state index in [0.29, 0.717) is 16.3 Å². The number of aromatic nitrogens is 1. The van der Waals surface area contributed by atoms with Gasteiger partial charge < -0.3 is 10.1 Å². The Hall–Kier alpha value is -3.59. The molecule has 2 amide bonds. The van der Waals surface area contributed by atoms with Crippen molar-refractivity contribution in [3.63, 3.8) is 0 Å². The molecule has 0 saturated carbocycles. The van der Waals surface area contributed by atoms with Crippen LogP contribution in [0, 0.1) is 5.82 Å². The van der Waals surface area contributed by atoms with E-state index < -0.39 is 17.8 Å². The second-order valence-electron chi connectivity index (χ2n) is 7.84. The number of hydrogen-bond donors (Lipinski definition) is 2. The maximum absolute atomic E-state index is 13.2. The second-order valence-corrected chi connectivity index (χ2v) is 9.53. The summed E-state index contributed by atoms with van der Waals surface area (Å²) < 4.78 is 21.6. The van der Waals surface area contributed by atoms with E-state index in [1.54, 1.807) is 37.3 Å². The van der Waals surface area contributed by atoms with Crippen LogP contribution in [0.2, 0.25) is 10.0 Å². The largest absolute Gasteiger partial charge is 0.438 e. The van der Waals surface area contributed by atoms with Crippen molar-refractivity contribution in [3.05, 3.63) is 118 Å². The van der Waals surface area contributed by atoms with Gasteiger partial charge >= 0.3 is 0 Å². The summed E-state index contributed by atoms with van der Waals surface area (Å²) in [4.78, 5) is 30.4. The summed E-state index contributed by atoms with van der Waals surface area (Å²) in [5.41, 5.74) is 1.35. The van der Waals surface area contributed by atoms with Crippen molar-refractivity contribution in [1.29, 1.82) is 0 Å². The van der Waals surface area contributed by atoms with Gasteiger partial charge in [-0.2, -0.15) is 0 Å². The van der Waals surface area contributed by atoms with Gasteiger partial charge in [0.15, 0.2) is 0 Å². The van der Waals surface area contributed by atoms with Gasteiger partial charge in [-0.05, 0) is 79.0 Å². The second kappa shape index (κ2) is 12.1. The molecule has 0 saturated heterocycles. The van der Waals surface area contributed by atoms with Gasteiger partial charge in [-0.25, -0.2) is 9.37 Å². The molecule has 1 heterocycles. The summed E-state index contributed by atoms with van der Waals surface area (Å²) in [6.07, 6.45) is 1.36. The molecule has 0 fully saturated rings. The van der Waals surface area contributed by atoms with Crippen molar-refractivity contribution in [3.8, 4) is 11.6 Å². The normalized spacial score (nSPS) is 11.5. The van der Waals surface area contributed by atoms with E-state index in [9.17, 15) is 14.0 Å². The Labute approximate surface area is 227 Å². The Balaban J connectivity index is 1.41. The molecule has 0 bridgehead atoms. The summed E-state index contributed by atoms with van der Waals surface area (Å²) in [6, 6.07) is 20.5. The topological polar surface area (TPSA) is 80.3 Å². The van der Waals surface area contributed by atoms with Gasteiger partial charge in [0.25, 0.3) is 11.8 Å². The van der Waals surface area contributed by atoms with Crippen LogP contribution in [0.5, 0.6) is 11.6 Å². The van der Waals surface area contributed by atoms with Crippen molar-refractivity contribution in [2.45, 2.75) is 17.9 Å². The highest BCUT2D eigenvalue weighted by Crippen LogP contribution is 2.27. The molecule has 2 N–H and O–H groups in total. The van der Waals surface area contributed by atoms with Gasteiger partial charge in [-0.15, -0.1) is 0 Å². The molecule has 0 radical (unpaired) electrons. The molecule has 10 heteroatoms. The first-order valence-corrected chi connectivity index (χ1v) is 12.6. The molecule has 6 nitrogen and oxygen atoms in total. The van der Waals surface area contributed by atoms with Gasteiger partial charge in [0.1, 0.15) is 17.1 Å². The lowest BCUT2D eigenvalue weighted by molar-refractivity contribution is 0.0935. The van der Waals surface area contributed by atoms with Gasteiger partial charge in [0.2, 0.25) is 5.88 Å². The first kappa shape index (κ1) is 26.5. The van der Waals surface area contributed by atoms with Crippen LogP contribution in [0.25, 0.3) is 0 Å². The van der Waals surface area contributed by atoms with Crippen molar-refractivity contribution < 1.29 is 18.7 Å². The number of ether oxygens (including phenoxy) is 1. The number of amides is 2. The van der Waals surface area contributed by atoms with Crippen LogP contribution in [0.3, 0.4) is 0 Å². The lowest BCUT2D eigenvalue weighted by Crippen LogP contribution is -2.27. The maximum Gasteiger partial charge on any atom is 0.261 e. The zero-order chi connectivity index (χ0) is 26.4. The standard InChI is InChI=1S/C27H20Cl2FN3O3S/c1-16(17-6-8-18(9-7-17)25(34)33-37-24-5-3-2-4-23(24)29)32-26(35)22-14-19(28)15-31-27(22)36-21-12-10-20(30)11-13-21/h2-16H,1H3,(H,32,35)(H,33,34)/t16-/m0/s1. The lowest BCUT2D eigenvalue weighted by Gasteiger charge is -2.16. The molecular formula is C27H20Cl2FN3O3S. The fraction of sp³-hybridized carbons (Fsp3) is 0.0741. The highest BCUT2D eigenvalue weighted by Gasteiger charge is 2.19. The van der Waals surface area contributed by atoms with Gasteiger partial charge in [0.05, 0.1) is 16.1 Å². The molecule has 1 atom stereocenters. The SMILES string of the molecule is C[C@H](NC(=O)c1cc(Cl)cnc1Oc1ccc(F)cc1)c1ccc(C(=O)NSc2ccccc2Cl)cc1. The molecule has 0 spiro atoms. The molecule has 0 aliphatic carbocycles. The molecule has 37 heavy (non-hydrogen) atoms. The number of pyridine rings is 1. The summed E-state index contributed by atoms with van der Waals surface area (Å²) >= 11 is 13.3. The number of hydrogen-bond acceptors (Lipinski definition) is 5. The van der Waals surface area contributed by atoms with E-state index in [0.717, 1.165) is 22.4 Å². The predicted molar refractivity (Wildman–Crippen MR) is 143 cm³/mol. The van der Waals surface area contributed by atoms with Crippen molar-refractivity contribution in [2.75, 3.05) is 0 Å². The van der Waals surface area contributed by atoms with Gasteiger partial charge in [0, 0.05) is 16.7 Å². The summed E-state index contributed by atoms with van der Waals surface area (Å²) in [7, 11) is 0. The monoisotopic (exact) mass is 555 g/mol. The molecule has 1 aromatic heterocycles. The van der Waals surface area contributed by atoms with Crippen LogP contribution >= 0.6 is 35.1 Å². The van der Waals surface area contributed by atoms with Crippen LogP contribution in [0.4, 0.5) is 4.39 Å². The molecule has 0 aliphatic rings. The molecule has 4 aromatic rings. The van der Waals surface area contributed by atoms with Gasteiger partial charge in [-0.1, -0.05) is 47.5 Å². The van der Waals surface area contributed by atoms with E-state index in [1.807, 2.05) is 18.2 Å². The number of rotatable bonds is 8. The quantitative estimate of drug-likeness (QED) is 0.224. The average molecular weight is 556 g/mol. The van der Waals surface area contributed by atoms with E-state index in [1.165, 1.54) is 36.5 Å². The molecule has 3 aromatic carbocycles. The zero-order valence-electron chi connectivity index (χ0n) is 19.4. The number of benzene rings is 3. The molecule has 0 unspecified atom stereocenters. The molecule has 188 valence electrons. The minimum Gasteiger partial charge on any atom is -0.438 e. The average Bonchev–Trinajstić information content (AvgIpc) is 2.90. The molecule has 0 aliphatic heterocycles. The fourth-order valence-corrected chi connectivity index (χ4v) is 4.30. The minimum absolute atomic E-state index is 0.0312. The maximum atomic E-state index is 13.2. The Morgan fingerprint density at radius 1 is 0.973 bits per heavy atom. The number of carbonyl (C=O) groups excluding carboxylic acids is 2. The van der Waals surface area contributed by atoms with Crippen LogP contribution in [-0.2, 0) is 0 Å². The highest BCUT2D eigenvalue weighted by atomic mass is 35.5. The number of nitrogens with one attached hydrogen (secondary N) is 2. The molecular weight excluding hydrogens is 536 g/mol. The van der Waals surface area contributed by atoms with Crippen LogP contribution in [0.15, 0.2) is 90.0 Å². The summed E-state index contributed by atoms with van der Waals surface area (Å²) in [5.74, 6) is -0.798. The van der Waals surface area contributed by atoms with Crippen molar-refractivity contribution in [1.82, 2.24) is 15.0 Å². The number of nitrogens with zero attached hydrogens (tertiary/aromatic N) is 1. The van der Waals surface area contributed by atoms with Crippen molar-refractivity contribution >= 4 is 47.0 Å². The zero-order valence-corrected chi connectivity index (χ0v) is 21.7. The van der Waals surface area contributed by atoms with Crippen LogP contribution in [0.1, 0.15) is 39.2 Å². The van der Waals surface area contributed by atoms with E-state index in [-0.39, 0.29) is 22.4 Å². The number of halogens is 3. The predicted octanol–water partition coefficient (Wildman–Crippen LogP) is 7.25. The Morgan fingerprint density at radius 2 is 1.68 bits per heavy atom. The number of carbonyl (C=O) groups is 2. The fourth-order valence-electron chi connectivity index (χ4n) is 3.25. The first-order chi connectivity index (χ1) is 17.8. The van der Waals surface area contributed by atoms with E-state index in [4.69, 9.17) is 27.9 Å². The van der Waals surface area contributed by atoms with Crippen LogP contribution < -0.4 is 14.8 Å². The Kier molecular flexibility index (Phi) is 8.66. The van der Waals surface area contributed by atoms with Crippen molar-refractivity contribution in [2.24, 2.45) is 0 Å².